The standard InChI is InChI=1S/C29H34F2N10O2/c1-36(2)6-7-37(3)28(42)19-15-25(22(31)16-21(19)30)39-11-8-38(9-12-39)10-13-40-27-20(18-33-40)24-17-23(26-5-4-14-43-26)35-41(24)29(32)34-27/h4-5,14-18H,6-13H2,1-3H3,(H2,32,34). The SMILES string of the molecule is CN(C)CCN(C)C(=O)c1cc(N2CCN(CCn3ncc4c3nc(N)n3nc(-c5ccco5)cc43)CC2)c(F)cc1F. The Morgan fingerprint density at radius 3 is 2.56 bits per heavy atom. The summed E-state index contributed by atoms with van der Waals surface area (Å²) in [7, 11) is 5.42. The molecule has 5 aromatic rings. The lowest BCUT2D eigenvalue weighted by molar-refractivity contribution is 0.0781. The lowest BCUT2D eigenvalue weighted by Crippen LogP contribution is -2.47. The van der Waals surface area contributed by atoms with Crippen LogP contribution >= 0.6 is 0 Å². The van der Waals surface area contributed by atoms with E-state index in [4.69, 9.17) is 10.2 Å². The van der Waals surface area contributed by atoms with Crippen LogP contribution in [0, 0.1) is 11.6 Å². The number of carbonyl (C=O) groups is 1. The van der Waals surface area contributed by atoms with E-state index in [1.54, 1.807) is 30.1 Å². The van der Waals surface area contributed by atoms with Crippen LogP contribution in [0.25, 0.3) is 28.0 Å². The average molecular weight is 593 g/mol. The van der Waals surface area contributed by atoms with Gasteiger partial charge in [-0.2, -0.15) is 19.7 Å². The molecule has 0 radical (unpaired) electrons. The number of amides is 1. The van der Waals surface area contributed by atoms with Crippen molar-refractivity contribution in [2.45, 2.75) is 6.54 Å². The number of nitrogen functional groups attached to an aromatic ring is 1. The van der Waals surface area contributed by atoms with Gasteiger partial charge in [0.15, 0.2) is 11.4 Å². The minimum Gasteiger partial charge on any atom is -0.463 e. The summed E-state index contributed by atoms with van der Waals surface area (Å²) in [4.78, 5) is 25.0. The van der Waals surface area contributed by atoms with Crippen LogP contribution in [0.1, 0.15) is 10.4 Å². The first-order chi connectivity index (χ1) is 20.7. The van der Waals surface area contributed by atoms with Crippen molar-refractivity contribution in [1.82, 2.24) is 39.1 Å². The van der Waals surface area contributed by atoms with E-state index in [1.807, 2.05) is 40.7 Å². The molecule has 0 spiro atoms. The molecule has 0 saturated carbocycles. The summed E-state index contributed by atoms with van der Waals surface area (Å²) in [6, 6.07) is 7.69. The van der Waals surface area contributed by atoms with Gasteiger partial charge in [-0.05, 0) is 38.4 Å². The molecule has 1 fully saturated rings. The zero-order chi connectivity index (χ0) is 30.2. The highest BCUT2D eigenvalue weighted by molar-refractivity contribution is 5.95. The van der Waals surface area contributed by atoms with Gasteiger partial charge >= 0.3 is 0 Å². The third kappa shape index (κ3) is 5.62. The van der Waals surface area contributed by atoms with Crippen molar-refractivity contribution in [3.63, 3.8) is 0 Å². The number of carbonyl (C=O) groups excluding carboxylic acids is 1. The molecular formula is C29H34F2N10O2. The molecule has 5 heterocycles. The van der Waals surface area contributed by atoms with Crippen LogP contribution in [0.2, 0.25) is 0 Å². The highest BCUT2D eigenvalue weighted by Gasteiger charge is 2.25. The van der Waals surface area contributed by atoms with E-state index >= 15 is 0 Å². The van der Waals surface area contributed by atoms with Crippen LogP contribution in [-0.4, -0.2) is 112 Å². The molecule has 1 aliphatic heterocycles. The zero-order valence-corrected chi connectivity index (χ0v) is 24.4. The fourth-order valence-corrected chi connectivity index (χ4v) is 5.34. The average Bonchev–Trinajstić information content (AvgIpc) is 3.75. The summed E-state index contributed by atoms with van der Waals surface area (Å²) in [5.41, 5.74) is 8.46. The van der Waals surface area contributed by atoms with Gasteiger partial charge in [0, 0.05) is 58.9 Å². The smallest absolute Gasteiger partial charge is 0.256 e. The molecule has 0 bridgehead atoms. The summed E-state index contributed by atoms with van der Waals surface area (Å²) < 4.78 is 38.4. The number of anilines is 2. The minimum absolute atomic E-state index is 0.124. The Hall–Kier alpha value is -4.56. The number of halogens is 2. The second kappa shape index (κ2) is 11.6. The molecule has 1 amide bonds. The van der Waals surface area contributed by atoms with Crippen molar-refractivity contribution in [2.75, 3.05) is 77.6 Å². The molecule has 226 valence electrons. The number of benzene rings is 1. The van der Waals surface area contributed by atoms with Crippen LogP contribution in [0.3, 0.4) is 0 Å². The van der Waals surface area contributed by atoms with Crippen LogP contribution in [0.5, 0.6) is 0 Å². The molecule has 43 heavy (non-hydrogen) atoms. The second-order valence-electron chi connectivity index (χ2n) is 11.0. The lowest BCUT2D eigenvalue weighted by Gasteiger charge is -2.36. The van der Waals surface area contributed by atoms with Crippen LogP contribution < -0.4 is 10.6 Å². The number of aromatic nitrogens is 5. The largest absolute Gasteiger partial charge is 0.463 e. The number of hydrogen-bond donors (Lipinski definition) is 1. The molecule has 12 nitrogen and oxygen atoms in total. The van der Waals surface area contributed by atoms with Crippen LogP contribution in [0.15, 0.2) is 47.2 Å². The van der Waals surface area contributed by atoms with Gasteiger partial charge in [0.05, 0.1) is 41.2 Å². The Kier molecular flexibility index (Phi) is 7.71. The van der Waals surface area contributed by atoms with Gasteiger partial charge in [-0.1, -0.05) is 0 Å². The van der Waals surface area contributed by atoms with E-state index in [2.05, 4.69) is 20.1 Å². The maximum atomic E-state index is 14.9. The summed E-state index contributed by atoms with van der Waals surface area (Å²) in [6.07, 6.45) is 3.35. The first-order valence-electron chi connectivity index (χ1n) is 14.1. The molecular weight excluding hydrogens is 558 g/mol. The van der Waals surface area contributed by atoms with E-state index in [0.29, 0.717) is 69.5 Å². The van der Waals surface area contributed by atoms with Gasteiger partial charge in [0.25, 0.3) is 5.91 Å². The Bertz CT molecular complexity index is 1760. The quantitative estimate of drug-likeness (QED) is 0.276. The molecule has 1 saturated heterocycles. The molecule has 14 heteroatoms. The van der Waals surface area contributed by atoms with Crippen molar-refractivity contribution < 1.29 is 18.0 Å². The Morgan fingerprint density at radius 2 is 1.84 bits per heavy atom. The predicted octanol–water partition coefficient (Wildman–Crippen LogP) is 2.66. The van der Waals surface area contributed by atoms with Gasteiger partial charge in [-0.3, -0.25) is 9.69 Å². The van der Waals surface area contributed by atoms with Gasteiger partial charge in [-0.15, -0.1) is 0 Å². The first-order valence-corrected chi connectivity index (χ1v) is 14.1. The molecule has 0 unspecified atom stereocenters. The van der Waals surface area contributed by atoms with Crippen molar-refractivity contribution in [2.24, 2.45) is 0 Å². The number of nitrogens with zero attached hydrogens (tertiary/aromatic N) is 9. The molecule has 4 aromatic heterocycles. The number of furan rings is 1. The third-order valence-corrected chi connectivity index (χ3v) is 7.85. The molecule has 1 aliphatic rings. The van der Waals surface area contributed by atoms with E-state index in [9.17, 15) is 13.6 Å². The predicted molar refractivity (Wildman–Crippen MR) is 159 cm³/mol. The number of rotatable bonds is 9. The van der Waals surface area contributed by atoms with E-state index in [-0.39, 0.29) is 17.2 Å². The minimum atomic E-state index is -0.854. The Balaban J connectivity index is 1.11. The highest BCUT2D eigenvalue weighted by Crippen LogP contribution is 2.28. The second-order valence-corrected chi connectivity index (χ2v) is 11.0. The normalized spacial score (nSPS) is 14.4. The monoisotopic (exact) mass is 592 g/mol. The van der Waals surface area contributed by atoms with Crippen LogP contribution in [-0.2, 0) is 6.54 Å². The summed E-state index contributed by atoms with van der Waals surface area (Å²) in [5, 5.41) is 9.92. The van der Waals surface area contributed by atoms with Crippen molar-refractivity contribution in [1.29, 1.82) is 0 Å². The number of piperazine rings is 1. The summed E-state index contributed by atoms with van der Waals surface area (Å²) >= 11 is 0. The molecule has 0 atom stereocenters. The first kappa shape index (κ1) is 28.6. The van der Waals surface area contributed by atoms with Crippen molar-refractivity contribution in [3.8, 4) is 11.5 Å². The molecule has 2 N–H and O–H groups in total. The van der Waals surface area contributed by atoms with Crippen molar-refractivity contribution >= 4 is 34.1 Å². The third-order valence-electron chi connectivity index (χ3n) is 7.85. The summed E-state index contributed by atoms with van der Waals surface area (Å²) in [6.45, 7) is 4.73. The van der Waals surface area contributed by atoms with Gasteiger partial charge < -0.3 is 24.9 Å². The van der Waals surface area contributed by atoms with E-state index < -0.39 is 17.5 Å². The molecule has 0 aliphatic carbocycles. The fourth-order valence-electron chi connectivity index (χ4n) is 5.34. The van der Waals surface area contributed by atoms with Gasteiger partial charge in [-0.25, -0.2) is 13.5 Å². The fraction of sp³-hybridized carbons (Fsp3) is 0.379. The Morgan fingerprint density at radius 1 is 1.05 bits per heavy atom. The molecule has 1 aromatic carbocycles. The van der Waals surface area contributed by atoms with E-state index in [1.165, 1.54) is 11.0 Å². The van der Waals surface area contributed by atoms with Crippen molar-refractivity contribution in [3.05, 3.63) is 60.0 Å². The zero-order valence-electron chi connectivity index (χ0n) is 24.4. The van der Waals surface area contributed by atoms with Gasteiger partial charge in [0.2, 0.25) is 5.95 Å². The number of likely N-dealkylation sites (N-methyl/N-ethyl adjacent to an activating group) is 2. The summed E-state index contributed by atoms with van der Waals surface area (Å²) in [5.74, 6) is -1.11. The number of fused-ring (bicyclic) bond motifs is 3. The Labute approximate surface area is 246 Å². The van der Waals surface area contributed by atoms with Crippen LogP contribution in [0.4, 0.5) is 20.4 Å². The van der Waals surface area contributed by atoms with Gasteiger partial charge in [0.1, 0.15) is 17.3 Å². The highest BCUT2D eigenvalue weighted by atomic mass is 19.1. The maximum Gasteiger partial charge on any atom is 0.256 e. The topological polar surface area (TPSA) is 117 Å². The molecule has 6 rings (SSSR count). The van der Waals surface area contributed by atoms with E-state index in [0.717, 1.165) is 17.0 Å². The maximum absolute atomic E-state index is 14.9. The lowest BCUT2D eigenvalue weighted by atomic mass is 10.1. The number of hydrogen-bond acceptors (Lipinski definition) is 9. The number of nitrogens with two attached hydrogens (primary N) is 1.